The van der Waals surface area contributed by atoms with Gasteiger partial charge < -0.3 is 18.9 Å². The summed E-state index contributed by atoms with van der Waals surface area (Å²) in [5, 5.41) is 0. The van der Waals surface area contributed by atoms with Crippen molar-refractivity contribution >= 4 is 19.0 Å². The highest BCUT2D eigenvalue weighted by Crippen LogP contribution is 2.25. The Morgan fingerprint density at radius 1 is 1.08 bits per heavy atom. The van der Waals surface area contributed by atoms with Crippen molar-refractivity contribution in [3.8, 4) is 0 Å². The Kier molecular flexibility index (Phi) is 4.54. The van der Waals surface area contributed by atoms with E-state index in [2.05, 4.69) is 12.5 Å². The average Bonchev–Trinajstić information content (AvgIpc) is 2.54. The zero-order chi connectivity index (χ0) is 9.84. The Labute approximate surface area is 84.4 Å². The van der Waals surface area contributed by atoms with Gasteiger partial charge in [0.05, 0.1) is 6.00 Å². The average molecular weight is 206 g/mol. The third-order valence-electron chi connectivity index (χ3n) is 2.22. The van der Waals surface area contributed by atoms with Gasteiger partial charge in [-0.05, 0) is 0 Å². The first-order chi connectivity index (χ1) is 6.28. The highest BCUT2D eigenvalue weighted by molar-refractivity contribution is 8.07. The van der Waals surface area contributed by atoms with Crippen LogP contribution in [-0.2, 0) is 18.9 Å². The van der Waals surface area contributed by atoms with Crippen molar-refractivity contribution in [3.63, 3.8) is 0 Å². The maximum atomic E-state index is 5.52. The molecule has 1 saturated heterocycles. The highest BCUT2D eigenvalue weighted by Gasteiger charge is 2.45. The zero-order valence-corrected chi connectivity index (χ0v) is 8.99. The van der Waals surface area contributed by atoms with E-state index in [4.69, 9.17) is 18.9 Å². The largest absolute Gasteiger partial charge is 0.377 e. The van der Waals surface area contributed by atoms with Gasteiger partial charge in [0.15, 0.2) is 6.29 Å². The van der Waals surface area contributed by atoms with Crippen LogP contribution in [0, 0.1) is 0 Å². The summed E-state index contributed by atoms with van der Waals surface area (Å²) in [6, 6.07) is -0.0665. The molecule has 13 heavy (non-hydrogen) atoms. The highest BCUT2D eigenvalue weighted by atomic mass is 32.1. The maximum absolute atomic E-state index is 5.52. The van der Waals surface area contributed by atoms with Gasteiger partial charge in [-0.2, -0.15) is 0 Å². The number of ether oxygens (including phenoxy) is 4. The lowest BCUT2D eigenvalue weighted by atomic mass is 9.92. The summed E-state index contributed by atoms with van der Waals surface area (Å²) >= 11 is 4.17. The van der Waals surface area contributed by atoms with Gasteiger partial charge in [-0.25, -0.2) is 12.5 Å². The molecule has 0 amide bonds. The van der Waals surface area contributed by atoms with Crippen LogP contribution in [0.15, 0.2) is 0 Å². The Morgan fingerprint density at radius 3 is 2.08 bits per heavy atom. The van der Waals surface area contributed by atoms with Crippen molar-refractivity contribution in [1.29, 1.82) is 0 Å². The summed E-state index contributed by atoms with van der Waals surface area (Å²) < 4.78 is 21.1. The molecule has 0 aromatic rings. The van der Waals surface area contributed by atoms with Crippen LogP contribution in [0.2, 0.25) is 0 Å². The van der Waals surface area contributed by atoms with Gasteiger partial charge in [0.2, 0.25) is 6.56 Å². The normalized spacial score (nSPS) is 39.4. The molecule has 4 atom stereocenters. The van der Waals surface area contributed by atoms with Crippen molar-refractivity contribution in [1.82, 2.24) is 0 Å². The number of rotatable bonds is 4. The van der Waals surface area contributed by atoms with Crippen LogP contribution in [0.25, 0.3) is 0 Å². The molecule has 1 aliphatic rings. The Morgan fingerprint density at radius 2 is 1.69 bits per heavy atom. The molecule has 0 spiro atoms. The van der Waals surface area contributed by atoms with Crippen molar-refractivity contribution < 1.29 is 18.9 Å². The predicted octanol–water partition coefficient (Wildman–Crippen LogP) is -0.374. The van der Waals surface area contributed by atoms with Crippen LogP contribution in [0.4, 0.5) is 0 Å². The molecule has 0 bridgehead atoms. The van der Waals surface area contributed by atoms with E-state index in [0.717, 1.165) is 0 Å². The van der Waals surface area contributed by atoms with E-state index in [0.29, 0.717) is 6.56 Å². The molecule has 4 nitrogen and oxygen atoms in total. The minimum absolute atomic E-state index is 0.0665. The van der Waals surface area contributed by atoms with Gasteiger partial charge in [0.25, 0.3) is 0 Å². The lowest BCUT2D eigenvalue weighted by molar-refractivity contribution is -0.148. The molecule has 0 N–H and O–H groups in total. The maximum Gasteiger partial charge on any atom is 0.224 e. The fraction of sp³-hybridized carbons (Fsp3) is 1.00. The number of thiol groups is 1. The van der Waals surface area contributed by atoms with Crippen molar-refractivity contribution in [2.75, 3.05) is 21.3 Å². The monoisotopic (exact) mass is 206 g/mol. The van der Waals surface area contributed by atoms with E-state index in [-0.39, 0.29) is 24.5 Å². The zero-order valence-electron chi connectivity index (χ0n) is 8.10. The molecule has 6 heteroatoms. The summed E-state index contributed by atoms with van der Waals surface area (Å²) in [5.41, 5.74) is 0. The SMILES string of the molecule is COC1OC(BS)C(OC)C1OC. The van der Waals surface area contributed by atoms with Gasteiger partial charge in [-0.15, -0.1) is 0 Å². The second-order valence-electron chi connectivity index (χ2n) is 2.86. The van der Waals surface area contributed by atoms with E-state index in [1.165, 1.54) is 0 Å². The molecule has 1 fully saturated rings. The predicted molar refractivity (Wildman–Crippen MR) is 53.4 cm³/mol. The molecule has 0 aromatic carbocycles. The Hall–Kier alpha value is 0.255. The molecule has 0 aromatic heterocycles. The summed E-state index contributed by atoms with van der Waals surface area (Å²) in [6.07, 6.45) is -0.633. The summed E-state index contributed by atoms with van der Waals surface area (Å²) in [5.74, 6) is 0. The van der Waals surface area contributed by atoms with Crippen LogP contribution in [0.1, 0.15) is 0 Å². The molecule has 76 valence electrons. The summed E-state index contributed by atoms with van der Waals surface area (Å²) in [6.45, 7) is 0.595. The Bertz CT molecular complexity index is 143. The molecular weight excluding hydrogens is 191 g/mol. The summed E-state index contributed by atoms with van der Waals surface area (Å²) in [7, 11) is 4.84. The van der Waals surface area contributed by atoms with Crippen LogP contribution in [0.3, 0.4) is 0 Å². The minimum atomic E-state index is -0.355. The molecule has 1 aliphatic heterocycles. The van der Waals surface area contributed by atoms with Gasteiger partial charge in [0, 0.05) is 21.3 Å². The molecular formula is C7H15BO4S. The standard InChI is InChI=1S/C7H15BO4S/c1-9-4-5(10-2)7(11-3)12-6(4)8-13/h4-8,13H,1-3H3. The van der Waals surface area contributed by atoms with Crippen molar-refractivity contribution in [2.24, 2.45) is 0 Å². The second-order valence-corrected chi connectivity index (χ2v) is 3.23. The van der Waals surface area contributed by atoms with Crippen LogP contribution in [0.5, 0.6) is 0 Å². The number of methoxy groups -OCH3 is 3. The first-order valence-electron chi connectivity index (χ1n) is 4.13. The van der Waals surface area contributed by atoms with E-state index in [9.17, 15) is 0 Å². The number of hydrogen-bond donors (Lipinski definition) is 1. The van der Waals surface area contributed by atoms with Crippen molar-refractivity contribution in [3.05, 3.63) is 0 Å². The first kappa shape index (κ1) is 11.3. The lowest BCUT2D eigenvalue weighted by Crippen LogP contribution is -2.37. The van der Waals surface area contributed by atoms with Crippen molar-refractivity contribution in [2.45, 2.75) is 24.5 Å². The lowest BCUT2D eigenvalue weighted by Gasteiger charge is -2.19. The minimum Gasteiger partial charge on any atom is -0.377 e. The molecule has 4 unspecified atom stereocenters. The fourth-order valence-electron chi connectivity index (χ4n) is 1.56. The molecule has 0 aliphatic carbocycles. The topological polar surface area (TPSA) is 36.9 Å². The van der Waals surface area contributed by atoms with E-state index in [1.807, 2.05) is 0 Å². The number of hydrogen-bond acceptors (Lipinski definition) is 5. The van der Waals surface area contributed by atoms with E-state index in [1.54, 1.807) is 21.3 Å². The van der Waals surface area contributed by atoms with Gasteiger partial charge in [-0.1, -0.05) is 0 Å². The Balaban J connectivity index is 2.65. The summed E-state index contributed by atoms with van der Waals surface area (Å²) in [4.78, 5) is 0. The van der Waals surface area contributed by atoms with E-state index >= 15 is 0 Å². The third-order valence-corrected chi connectivity index (χ3v) is 2.58. The third kappa shape index (κ3) is 2.19. The first-order valence-corrected chi connectivity index (χ1v) is 4.76. The fourth-order valence-corrected chi connectivity index (χ4v) is 1.86. The quantitative estimate of drug-likeness (QED) is 0.502. The van der Waals surface area contributed by atoms with Gasteiger partial charge in [0.1, 0.15) is 12.2 Å². The van der Waals surface area contributed by atoms with E-state index < -0.39 is 0 Å². The molecule has 1 heterocycles. The van der Waals surface area contributed by atoms with Gasteiger partial charge >= 0.3 is 0 Å². The molecule has 0 radical (unpaired) electrons. The van der Waals surface area contributed by atoms with Crippen LogP contribution >= 0.6 is 12.5 Å². The van der Waals surface area contributed by atoms with Crippen LogP contribution in [-0.4, -0.2) is 52.4 Å². The molecule has 0 saturated carbocycles. The molecule has 1 rings (SSSR count). The van der Waals surface area contributed by atoms with Gasteiger partial charge in [-0.3, -0.25) is 0 Å². The van der Waals surface area contributed by atoms with Crippen LogP contribution < -0.4 is 0 Å². The smallest absolute Gasteiger partial charge is 0.224 e. The second kappa shape index (κ2) is 5.21.